The number of nitrogens with zero attached hydrogens (tertiary/aromatic N) is 1. The molecule has 0 aliphatic rings. The number of carboxylic acids is 1. The molecule has 0 saturated carbocycles. The number of carbonyl (C=O) groups is 1. The van der Waals surface area contributed by atoms with Gasteiger partial charge in [0.1, 0.15) is 11.5 Å². The summed E-state index contributed by atoms with van der Waals surface area (Å²) in [5, 5.41) is 28.8. The molecule has 0 amide bonds. The van der Waals surface area contributed by atoms with E-state index < -0.39 is 28.7 Å². The number of hydrogen-bond donors (Lipinski definition) is 3. The van der Waals surface area contributed by atoms with E-state index in [1.54, 1.807) is 0 Å². The SMILES string of the molecule is O=Nc1c(O)cc(O)cc1C(=O)O. The second kappa shape index (κ2) is 3.10. The molecule has 0 aliphatic heterocycles. The first-order valence-electron chi connectivity index (χ1n) is 3.19. The maximum Gasteiger partial charge on any atom is 0.338 e. The molecule has 1 aromatic carbocycles. The van der Waals surface area contributed by atoms with Gasteiger partial charge in [-0.05, 0) is 11.2 Å². The lowest BCUT2D eigenvalue weighted by Gasteiger charge is -2.01. The van der Waals surface area contributed by atoms with Crippen molar-refractivity contribution in [2.75, 3.05) is 0 Å². The van der Waals surface area contributed by atoms with Gasteiger partial charge in [0.05, 0.1) is 5.56 Å². The summed E-state index contributed by atoms with van der Waals surface area (Å²) >= 11 is 0. The summed E-state index contributed by atoms with van der Waals surface area (Å²) in [6.07, 6.45) is 0. The van der Waals surface area contributed by atoms with E-state index in [4.69, 9.17) is 15.3 Å². The third-order valence-corrected chi connectivity index (χ3v) is 1.40. The van der Waals surface area contributed by atoms with Crippen LogP contribution in [0.1, 0.15) is 10.4 Å². The van der Waals surface area contributed by atoms with Crippen LogP contribution in [-0.4, -0.2) is 21.3 Å². The average Bonchev–Trinajstić information content (AvgIpc) is 2.02. The van der Waals surface area contributed by atoms with Crippen LogP contribution in [0.3, 0.4) is 0 Å². The minimum atomic E-state index is -1.44. The van der Waals surface area contributed by atoms with Crippen molar-refractivity contribution in [3.8, 4) is 11.5 Å². The van der Waals surface area contributed by atoms with Crippen LogP contribution in [0.15, 0.2) is 17.3 Å². The van der Waals surface area contributed by atoms with E-state index in [2.05, 4.69) is 5.18 Å². The zero-order valence-electron chi connectivity index (χ0n) is 6.26. The molecule has 0 aromatic heterocycles. The molecule has 6 heteroatoms. The van der Waals surface area contributed by atoms with Crippen molar-refractivity contribution in [2.45, 2.75) is 0 Å². The van der Waals surface area contributed by atoms with Gasteiger partial charge in [0.15, 0.2) is 5.69 Å². The topological polar surface area (TPSA) is 107 Å². The molecule has 0 unspecified atom stereocenters. The van der Waals surface area contributed by atoms with Gasteiger partial charge in [0, 0.05) is 6.07 Å². The normalized spacial score (nSPS) is 9.54. The predicted octanol–water partition coefficient (Wildman–Crippen LogP) is 1.19. The Morgan fingerprint density at radius 1 is 1.31 bits per heavy atom. The fraction of sp³-hybridized carbons (Fsp3) is 0. The predicted molar refractivity (Wildman–Crippen MR) is 42.2 cm³/mol. The van der Waals surface area contributed by atoms with Gasteiger partial charge in [0.2, 0.25) is 0 Å². The first-order valence-corrected chi connectivity index (χ1v) is 3.19. The number of benzene rings is 1. The lowest BCUT2D eigenvalue weighted by Crippen LogP contribution is -1.96. The van der Waals surface area contributed by atoms with Crippen LogP contribution < -0.4 is 0 Å². The number of nitroso groups, excluding NO2 is 1. The van der Waals surface area contributed by atoms with Gasteiger partial charge in [0.25, 0.3) is 0 Å². The smallest absolute Gasteiger partial charge is 0.338 e. The van der Waals surface area contributed by atoms with Crippen LogP contribution in [0.2, 0.25) is 0 Å². The number of aromatic hydroxyl groups is 2. The Kier molecular flexibility index (Phi) is 2.14. The van der Waals surface area contributed by atoms with Crippen molar-refractivity contribution in [3.05, 3.63) is 22.6 Å². The lowest BCUT2D eigenvalue weighted by molar-refractivity contribution is 0.0697. The van der Waals surface area contributed by atoms with Crippen LogP contribution >= 0.6 is 0 Å². The Morgan fingerprint density at radius 3 is 2.38 bits per heavy atom. The second-order valence-electron chi connectivity index (χ2n) is 2.26. The Balaban J connectivity index is 3.46. The molecule has 13 heavy (non-hydrogen) atoms. The third kappa shape index (κ3) is 1.56. The van der Waals surface area contributed by atoms with E-state index in [0.29, 0.717) is 0 Å². The van der Waals surface area contributed by atoms with Gasteiger partial charge in [-0.25, -0.2) is 4.79 Å². The van der Waals surface area contributed by atoms with Crippen LogP contribution in [0, 0.1) is 4.91 Å². The molecule has 0 aliphatic carbocycles. The summed E-state index contributed by atoms with van der Waals surface area (Å²) < 4.78 is 0. The quantitative estimate of drug-likeness (QED) is 0.597. The molecule has 68 valence electrons. The van der Waals surface area contributed by atoms with Crippen molar-refractivity contribution >= 4 is 11.7 Å². The fourth-order valence-corrected chi connectivity index (χ4v) is 0.863. The van der Waals surface area contributed by atoms with E-state index >= 15 is 0 Å². The summed E-state index contributed by atoms with van der Waals surface area (Å²) in [4.78, 5) is 20.6. The highest BCUT2D eigenvalue weighted by molar-refractivity contribution is 5.95. The second-order valence-corrected chi connectivity index (χ2v) is 2.26. The fourth-order valence-electron chi connectivity index (χ4n) is 0.863. The Morgan fingerprint density at radius 2 is 1.92 bits per heavy atom. The number of aromatic carboxylic acids is 1. The van der Waals surface area contributed by atoms with Gasteiger partial charge >= 0.3 is 5.97 Å². The van der Waals surface area contributed by atoms with Crippen molar-refractivity contribution in [1.82, 2.24) is 0 Å². The average molecular weight is 183 g/mol. The molecule has 0 heterocycles. The molecular formula is C7H5NO5. The molecule has 0 radical (unpaired) electrons. The van der Waals surface area contributed by atoms with Gasteiger partial charge in [-0.15, -0.1) is 4.91 Å². The first kappa shape index (κ1) is 8.98. The maximum absolute atomic E-state index is 10.5. The third-order valence-electron chi connectivity index (χ3n) is 1.40. The first-order chi connectivity index (χ1) is 6.06. The minimum Gasteiger partial charge on any atom is -0.508 e. The molecule has 3 N–H and O–H groups in total. The largest absolute Gasteiger partial charge is 0.508 e. The number of rotatable bonds is 2. The minimum absolute atomic E-state index is 0.442. The van der Waals surface area contributed by atoms with Crippen molar-refractivity contribution in [2.24, 2.45) is 5.18 Å². The van der Waals surface area contributed by atoms with Crippen molar-refractivity contribution in [3.63, 3.8) is 0 Å². The van der Waals surface area contributed by atoms with E-state index in [1.165, 1.54) is 0 Å². The van der Waals surface area contributed by atoms with Crippen LogP contribution in [0.4, 0.5) is 5.69 Å². The molecule has 0 fully saturated rings. The van der Waals surface area contributed by atoms with Gasteiger partial charge in [-0.3, -0.25) is 0 Å². The molecule has 0 bridgehead atoms. The van der Waals surface area contributed by atoms with Crippen LogP contribution in [0.5, 0.6) is 11.5 Å². The van der Waals surface area contributed by atoms with Gasteiger partial charge in [-0.2, -0.15) is 0 Å². The van der Waals surface area contributed by atoms with Crippen molar-refractivity contribution < 1.29 is 20.1 Å². The standard InChI is InChI=1S/C7H5NO5/c9-3-1-4(7(11)12)6(8-13)5(10)2-3/h1-2,9-10H,(H,11,12). The number of phenols is 2. The molecule has 1 aromatic rings. The van der Waals surface area contributed by atoms with E-state index in [0.717, 1.165) is 12.1 Å². The number of hydrogen-bond acceptors (Lipinski definition) is 5. The molecule has 0 spiro atoms. The van der Waals surface area contributed by atoms with Crippen molar-refractivity contribution in [1.29, 1.82) is 0 Å². The lowest BCUT2D eigenvalue weighted by atomic mass is 10.1. The summed E-state index contributed by atoms with van der Waals surface area (Å²) in [7, 11) is 0. The van der Waals surface area contributed by atoms with E-state index in [-0.39, 0.29) is 0 Å². The molecule has 6 nitrogen and oxygen atoms in total. The number of carboxylic acid groups (broad SMARTS) is 1. The summed E-state index contributed by atoms with van der Waals surface area (Å²) in [6.45, 7) is 0. The Hall–Kier alpha value is -2.11. The summed E-state index contributed by atoms with van der Waals surface area (Å²) in [6, 6.07) is 1.67. The molecular weight excluding hydrogens is 178 g/mol. The Labute approximate surface area is 72.0 Å². The highest BCUT2D eigenvalue weighted by Crippen LogP contribution is 2.34. The monoisotopic (exact) mass is 183 g/mol. The van der Waals surface area contributed by atoms with Gasteiger partial charge in [-0.1, -0.05) is 0 Å². The maximum atomic E-state index is 10.5. The zero-order chi connectivity index (χ0) is 10.0. The molecule has 0 saturated heterocycles. The summed E-state index contributed by atoms with van der Waals surface area (Å²) in [5.74, 6) is -2.55. The van der Waals surface area contributed by atoms with E-state index in [9.17, 15) is 9.70 Å². The molecule has 0 atom stereocenters. The van der Waals surface area contributed by atoms with E-state index in [1.807, 2.05) is 0 Å². The van der Waals surface area contributed by atoms with Crippen LogP contribution in [0.25, 0.3) is 0 Å². The highest BCUT2D eigenvalue weighted by Gasteiger charge is 2.16. The molecule has 1 rings (SSSR count). The number of phenolic OH excluding ortho intramolecular Hbond substituents is 2. The highest BCUT2D eigenvalue weighted by atomic mass is 16.4. The van der Waals surface area contributed by atoms with Gasteiger partial charge < -0.3 is 15.3 Å². The van der Waals surface area contributed by atoms with Crippen LogP contribution in [-0.2, 0) is 0 Å². The summed E-state index contributed by atoms with van der Waals surface area (Å²) in [5.41, 5.74) is -1.13. The zero-order valence-corrected chi connectivity index (χ0v) is 6.26. The Bertz CT molecular complexity index is 373.